The highest BCUT2D eigenvalue weighted by Gasteiger charge is 2.21. The van der Waals surface area contributed by atoms with Gasteiger partial charge in [0.05, 0.1) is 11.0 Å². The molecule has 0 unspecified atom stereocenters. The number of hydrogen-bond donors (Lipinski definition) is 1. The summed E-state index contributed by atoms with van der Waals surface area (Å²) in [6.45, 7) is 6.03. The fourth-order valence-corrected chi connectivity index (χ4v) is 2.94. The molecule has 1 rings (SSSR count). The molecule has 0 fully saturated rings. The number of rotatable bonds is 6. The van der Waals surface area contributed by atoms with Gasteiger partial charge in [-0.15, -0.1) is 0 Å². The smallest absolute Gasteiger partial charge is 0.242 e. The zero-order valence-corrected chi connectivity index (χ0v) is 12.8. The summed E-state index contributed by atoms with van der Waals surface area (Å²) in [4.78, 5) is 0.312. The van der Waals surface area contributed by atoms with Crippen LogP contribution in [-0.4, -0.2) is 37.5 Å². The van der Waals surface area contributed by atoms with Gasteiger partial charge >= 0.3 is 0 Å². The molecule has 1 aromatic carbocycles. The van der Waals surface area contributed by atoms with Crippen LogP contribution in [0.4, 0.5) is 0 Å². The second-order valence-electron chi connectivity index (χ2n) is 5.19. The van der Waals surface area contributed by atoms with Gasteiger partial charge < -0.3 is 5.11 Å². The number of nitrogens with zero attached hydrogens (tertiary/aromatic N) is 1. The topological polar surface area (TPSA) is 57.6 Å². The zero-order valence-electron chi connectivity index (χ0n) is 12.0. The minimum atomic E-state index is -3.47. The Labute approximate surface area is 116 Å². The molecule has 0 saturated heterocycles. The Bertz CT molecular complexity index is 509. The van der Waals surface area contributed by atoms with Crippen molar-refractivity contribution < 1.29 is 13.5 Å². The van der Waals surface area contributed by atoms with E-state index in [9.17, 15) is 13.5 Å². The molecule has 0 bridgehead atoms. The number of sulfonamides is 1. The standard InChI is InChI=1S/C14H23NO3S/c1-11(2)13-6-5-7-14(10-13)19(17,18)15(4)9-8-12(3)16/h5-7,10-12,16H,8-9H2,1-4H3/t12-/m1/s1. The summed E-state index contributed by atoms with van der Waals surface area (Å²) >= 11 is 0. The molecule has 0 heterocycles. The molecule has 4 nitrogen and oxygen atoms in total. The van der Waals surface area contributed by atoms with Crippen LogP contribution in [0.1, 0.15) is 38.7 Å². The predicted molar refractivity (Wildman–Crippen MR) is 76.6 cm³/mol. The van der Waals surface area contributed by atoms with Crippen molar-refractivity contribution in [1.82, 2.24) is 4.31 Å². The van der Waals surface area contributed by atoms with Crippen molar-refractivity contribution >= 4 is 10.0 Å². The van der Waals surface area contributed by atoms with Gasteiger partial charge in [0.25, 0.3) is 0 Å². The lowest BCUT2D eigenvalue weighted by atomic mass is 10.0. The van der Waals surface area contributed by atoms with E-state index in [0.717, 1.165) is 5.56 Å². The van der Waals surface area contributed by atoms with Crippen molar-refractivity contribution in [3.63, 3.8) is 0 Å². The van der Waals surface area contributed by atoms with Crippen LogP contribution in [0.25, 0.3) is 0 Å². The Morgan fingerprint density at radius 2 is 1.89 bits per heavy atom. The van der Waals surface area contributed by atoms with E-state index >= 15 is 0 Å². The van der Waals surface area contributed by atoms with Crippen LogP contribution in [0.5, 0.6) is 0 Å². The highest BCUT2D eigenvalue weighted by Crippen LogP contribution is 2.21. The van der Waals surface area contributed by atoms with Gasteiger partial charge in [-0.05, 0) is 37.0 Å². The first-order chi connectivity index (χ1) is 8.75. The van der Waals surface area contributed by atoms with E-state index in [2.05, 4.69) is 0 Å². The van der Waals surface area contributed by atoms with Crippen molar-refractivity contribution in [2.24, 2.45) is 0 Å². The molecule has 0 aliphatic carbocycles. The fourth-order valence-electron chi connectivity index (χ4n) is 1.70. The summed E-state index contributed by atoms with van der Waals surface area (Å²) in [5.41, 5.74) is 1.00. The molecule has 108 valence electrons. The molecule has 1 atom stereocenters. The van der Waals surface area contributed by atoms with E-state index in [0.29, 0.717) is 17.9 Å². The minimum absolute atomic E-state index is 0.290. The van der Waals surface area contributed by atoms with Crippen molar-refractivity contribution in [2.45, 2.75) is 44.1 Å². The first kappa shape index (κ1) is 16.1. The van der Waals surface area contributed by atoms with E-state index in [4.69, 9.17) is 0 Å². The third kappa shape index (κ3) is 4.30. The van der Waals surface area contributed by atoms with Crippen LogP contribution in [-0.2, 0) is 10.0 Å². The second kappa shape index (κ2) is 6.50. The Kier molecular flexibility index (Phi) is 5.52. The fraction of sp³-hybridized carbons (Fsp3) is 0.571. The summed E-state index contributed by atoms with van der Waals surface area (Å²) in [5, 5.41) is 9.23. The van der Waals surface area contributed by atoms with Crippen LogP contribution < -0.4 is 0 Å². The molecule has 0 amide bonds. The highest BCUT2D eigenvalue weighted by molar-refractivity contribution is 7.89. The maximum atomic E-state index is 12.4. The average molecular weight is 285 g/mol. The first-order valence-electron chi connectivity index (χ1n) is 6.49. The molecule has 0 aliphatic heterocycles. The maximum Gasteiger partial charge on any atom is 0.242 e. The summed E-state index contributed by atoms with van der Waals surface area (Å²) in [7, 11) is -1.93. The molecule has 0 aromatic heterocycles. The van der Waals surface area contributed by atoms with Crippen molar-refractivity contribution in [3.8, 4) is 0 Å². The lowest BCUT2D eigenvalue weighted by Gasteiger charge is -2.18. The lowest BCUT2D eigenvalue weighted by molar-refractivity contribution is 0.177. The summed E-state index contributed by atoms with van der Waals surface area (Å²) in [6.07, 6.45) is -0.0702. The van der Waals surface area contributed by atoms with Crippen LogP contribution in [0.2, 0.25) is 0 Å². The maximum absolute atomic E-state index is 12.4. The highest BCUT2D eigenvalue weighted by atomic mass is 32.2. The molecule has 0 saturated carbocycles. The van der Waals surface area contributed by atoms with Gasteiger partial charge in [-0.1, -0.05) is 26.0 Å². The van der Waals surface area contributed by atoms with Gasteiger partial charge in [0.2, 0.25) is 10.0 Å². The number of aliphatic hydroxyl groups excluding tert-OH is 1. The monoisotopic (exact) mass is 285 g/mol. The van der Waals surface area contributed by atoms with E-state index < -0.39 is 16.1 Å². The quantitative estimate of drug-likeness (QED) is 0.871. The van der Waals surface area contributed by atoms with Crippen LogP contribution in [0.15, 0.2) is 29.2 Å². The molecule has 19 heavy (non-hydrogen) atoms. The van der Waals surface area contributed by atoms with E-state index in [1.807, 2.05) is 19.9 Å². The Hall–Kier alpha value is -0.910. The predicted octanol–water partition coefficient (Wildman–Crippen LogP) is 2.20. The lowest BCUT2D eigenvalue weighted by Crippen LogP contribution is -2.29. The van der Waals surface area contributed by atoms with Crippen LogP contribution in [0, 0.1) is 0 Å². The molecular formula is C14H23NO3S. The van der Waals surface area contributed by atoms with Gasteiger partial charge in [-0.25, -0.2) is 12.7 Å². The zero-order chi connectivity index (χ0) is 14.6. The van der Waals surface area contributed by atoms with Gasteiger partial charge in [0.1, 0.15) is 0 Å². The number of benzene rings is 1. The van der Waals surface area contributed by atoms with Gasteiger partial charge in [0, 0.05) is 13.6 Å². The van der Waals surface area contributed by atoms with Crippen LogP contribution in [0.3, 0.4) is 0 Å². The Balaban J connectivity index is 2.96. The third-order valence-electron chi connectivity index (χ3n) is 3.09. The molecule has 5 heteroatoms. The average Bonchev–Trinajstić information content (AvgIpc) is 2.35. The summed E-state index contributed by atoms with van der Waals surface area (Å²) in [5.74, 6) is 0.290. The van der Waals surface area contributed by atoms with Crippen molar-refractivity contribution in [3.05, 3.63) is 29.8 Å². The first-order valence-corrected chi connectivity index (χ1v) is 7.93. The number of hydrogen-bond acceptors (Lipinski definition) is 3. The molecule has 0 radical (unpaired) electrons. The molecule has 1 aromatic rings. The van der Waals surface area contributed by atoms with Crippen LogP contribution >= 0.6 is 0 Å². The van der Waals surface area contributed by atoms with Gasteiger partial charge in [-0.2, -0.15) is 0 Å². The molecule has 1 N–H and O–H groups in total. The second-order valence-corrected chi connectivity index (χ2v) is 7.24. The van der Waals surface area contributed by atoms with Crippen molar-refractivity contribution in [2.75, 3.05) is 13.6 Å². The van der Waals surface area contributed by atoms with Gasteiger partial charge in [0.15, 0.2) is 0 Å². The largest absolute Gasteiger partial charge is 0.393 e. The van der Waals surface area contributed by atoms with E-state index in [1.165, 1.54) is 4.31 Å². The number of aliphatic hydroxyl groups is 1. The molecule has 0 aliphatic rings. The minimum Gasteiger partial charge on any atom is -0.393 e. The normalized spacial score (nSPS) is 14.1. The molecule has 0 spiro atoms. The molecular weight excluding hydrogens is 262 g/mol. The van der Waals surface area contributed by atoms with E-state index in [-0.39, 0.29) is 5.92 Å². The summed E-state index contributed by atoms with van der Waals surface area (Å²) < 4.78 is 26.0. The van der Waals surface area contributed by atoms with E-state index in [1.54, 1.807) is 32.2 Å². The van der Waals surface area contributed by atoms with Crippen molar-refractivity contribution in [1.29, 1.82) is 0 Å². The van der Waals surface area contributed by atoms with Gasteiger partial charge in [-0.3, -0.25) is 0 Å². The Morgan fingerprint density at radius 3 is 2.42 bits per heavy atom. The third-order valence-corrected chi connectivity index (χ3v) is 4.95. The summed E-state index contributed by atoms with van der Waals surface area (Å²) in [6, 6.07) is 7.03. The Morgan fingerprint density at radius 1 is 1.26 bits per heavy atom. The SMILES string of the molecule is CC(C)c1cccc(S(=O)(=O)N(C)CC[C@@H](C)O)c1.